The van der Waals surface area contributed by atoms with Gasteiger partial charge in [-0.2, -0.15) is 0 Å². The van der Waals surface area contributed by atoms with E-state index in [9.17, 15) is 4.79 Å². The van der Waals surface area contributed by atoms with E-state index in [1.807, 2.05) is 23.2 Å². The van der Waals surface area contributed by atoms with Crippen molar-refractivity contribution in [1.29, 1.82) is 0 Å². The number of methoxy groups -OCH3 is 1. The number of aromatic nitrogens is 1. The summed E-state index contributed by atoms with van der Waals surface area (Å²) < 4.78 is 5.02. The number of carbonyl (C=O) groups excluding carboxylic acids is 1. The van der Waals surface area contributed by atoms with Gasteiger partial charge in [0.15, 0.2) is 0 Å². The molecular weight excluding hydrogens is 216 g/mol. The number of rotatable bonds is 3. The molecule has 1 aliphatic rings. The molecule has 1 aliphatic heterocycles. The van der Waals surface area contributed by atoms with Crippen LogP contribution in [0.5, 0.6) is 5.88 Å². The van der Waals surface area contributed by atoms with Crippen LogP contribution in [0.1, 0.15) is 17.9 Å². The summed E-state index contributed by atoms with van der Waals surface area (Å²) in [6.07, 6.45) is 4.17. The monoisotopic (exact) mass is 232 g/mol. The van der Waals surface area contributed by atoms with Crippen molar-refractivity contribution in [3.05, 3.63) is 36.5 Å². The highest BCUT2D eigenvalue weighted by atomic mass is 16.5. The molecule has 4 nitrogen and oxygen atoms in total. The molecule has 2 heterocycles. The summed E-state index contributed by atoms with van der Waals surface area (Å²) in [5.74, 6) is 0.997. The fourth-order valence-corrected chi connectivity index (χ4v) is 2.12. The van der Waals surface area contributed by atoms with Crippen molar-refractivity contribution < 1.29 is 9.53 Å². The van der Waals surface area contributed by atoms with Crippen LogP contribution in [-0.2, 0) is 4.79 Å². The third-order valence-corrected chi connectivity index (χ3v) is 3.11. The van der Waals surface area contributed by atoms with E-state index in [1.165, 1.54) is 6.08 Å². The molecule has 1 aromatic heterocycles. The zero-order chi connectivity index (χ0) is 12.3. The van der Waals surface area contributed by atoms with Crippen LogP contribution < -0.4 is 4.74 Å². The van der Waals surface area contributed by atoms with Crippen molar-refractivity contribution in [2.24, 2.45) is 0 Å². The highest BCUT2D eigenvalue weighted by Gasteiger charge is 2.26. The normalized spacial score (nSPS) is 19.1. The number of ether oxygens (including phenoxy) is 1. The van der Waals surface area contributed by atoms with Crippen LogP contribution in [0.3, 0.4) is 0 Å². The molecule has 1 amide bonds. The van der Waals surface area contributed by atoms with Crippen molar-refractivity contribution in [2.75, 3.05) is 20.2 Å². The van der Waals surface area contributed by atoms with Crippen molar-refractivity contribution in [3.8, 4) is 5.88 Å². The fraction of sp³-hybridized carbons (Fsp3) is 0.385. The Hall–Kier alpha value is -1.84. The van der Waals surface area contributed by atoms with Crippen LogP contribution in [-0.4, -0.2) is 36.0 Å². The lowest BCUT2D eigenvalue weighted by molar-refractivity contribution is -0.125. The van der Waals surface area contributed by atoms with Gasteiger partial charge in [0.1, 0.15) is 0 Å². The topological polar surface area (TPSA) is 42.4 Å². The second kappa shape index (κ2) is 4.99. The molecule has 1 unspecified atom stereocenters. The van der Waals surface area contributed by atoms with E-state index in [0.717, 1.165) is 25.1 Å². The molecule has 1 aromatic rings. The summed E-state index contributed by atoms with van der Waals surface area (Å²) in [7, 11) is 1.60. The third kappa shape index (κ3) is 2.46. The Morgan fingerprint density at radius 3 is 3.06 bits per heavy atom. The summed E-state index contributed by atoms with van der Waals surface area (Å²) >= 11 is 0. The van der Waals surface area contributed by atoms with Gasteiger partial charge < -0.3 is 9.64 Å². The Morgan fingerprint density at radius 1 is 1.65 bits per heavy atom. The SMILES string of the molecule is C=CC(=O)N1CCC(c2ccc(OC)nc2)C1. The van der Waals surface area contributed by atoms with E-state index in [-0.39, 0.29) is 5.91 Å². The van der Waals surface area contributed by atoms with Crippen LogP contribution in [0.2, 0.25) is 0 Å². The molecule has 0 saturated carbocycles. The van der Waals surface area contributed by atoms with Gasteiger partial charge in [-0.1, -0.05) is 12.6 Å². The number of pyridine rings is 1. The lowest BCUT2D eigenvalue weighted by Gasteiger charge is -2.14. The highest BCUT2D eigenvalue weighted by molar-refractivity contribution is 5.87. The van der Waals surface area contributed by atoms with Crippen molar-refractivity contribution in [3.63, 3.8) is 0 Å². The second-order valence-electron chi connectivity index (χ2n) is 4.11. The molecule has 1 atom stereocenters. The Bertz CT molecular complexity index is 414. The van der Waals surface area contributed by atoms with Gasteiger partial charge in [-0.3, -0.25) is 4.79 Å². The number of carbonyl (C=O) groups is 1. The van der Waals surface area contributed by atoms with Crippen LogP contribution >= 0.6 is 0 Å². The summed E-state index contributed by atoms with van der Waals surface area (Å²) in [4.78, 5) is 17.5. The van der Waals surface area contributed by atoms with Crippen molar-refractivity contribution in [2.45, 2.75) is 12.3 Å². The van der Waals surface area contributed by atoms with Gasteiger partial charge in [0, 0.05) is 31.3 Å². The molecule has 0 aliphatic carbocycles. The molecule has 0 spiro atoms. The van der Waals surface area contributed by atoms with Crippen LogP contribution in [0.4, 0.5) is 0 Å². The van der Waals surface area contributed by atoms with Gasteiger partial charge in [-0.25, -0.2) is 4.98 Å². The smallest absolute Gasteiger partial charge is 0.245 e. The lowest BCUT2D eigenvalue weighted by atomic mass is 10.0. The van der Waals surface area contributed by atoms with Crippen LogP contribution in [0.25, 0.3) is 0 Å². The fourth-order valence-electron chi connectivity index (χ4n) is 2.12. The maximum atomic E-state index is 11.5. The number of hydrogen-bond donors (Lipinski definition) is 0. The average Bonchev–Trinajstić information content (AvgIpc) is 2.87. The lowest BCUT2D eigenvalue weighted by Crippen LogP contribution is -2.26. The zero-order valence-electron chi connectivity index (χ0n) is 9.93. The largest absolute Gasteiger partial charge is 0.481 e. The van der Waals surface area contributed by atoms with Gasteiger partial charge >= 0.3 is 0 Å². The molecule has 1 fully saturated rings. The molecule has 0 N–H and O–H groups in total. The molecule has 17 heavy (non-hydrogen) atoms. The van der Waals surface area contributed by atoms with Gasteiger partial charge in [0.2, 0.25) is 11.8 Å². The molecule has 4 heteroatoms. The van der Waals surface area contributed by atoms with E-state index >= 15 is 0 Å². The predicted octanol–water partition coefficient (Wildman–Crippen LogP) is 1.59. The predicted molar refractivity (Wildman–Crippen MR) is 64.9 cm³/mol. The number of nitrogens with zero attached hydrogens (tertiary/aromatic N) is 2. The highest BCUT2D eigenvalue weighted by Crippen LogP contribution is 2.27. The average molecular weight is 232 g/mol. The number of amides is 1. The van der Waals surface area contributed by atoms with Gasteiger partial charge in [0.25, 0.3) is 0 Å². The summed E-state index contributed by atoms with van der Waals surface area (Å²) in [5.41, 5.74) is 1.16. The molecule has 1 saturated heterocycles. The minimum Gasteiger partial charge on any atom is -0.481 e. The maximum Gasteiger partial charge on any atom is 0.245 e. The van der Waals surface area contributed by atoms with Crippen LogP contribution in [0.15, 0.2) is 31.0 Å². The molecule has 0 aromatic carbocycles. The quantitative estimate of drug-likeness (QED) is 0.743. The minimum atomic E-state index is 0.00831. The molecule has 0 bridgehead atoms. The number of likely N-dealkylation sites (tertiary alicyclic amines) is 1. The van der Waals surface area contributed by atoms with Gasteiger partial charge in [-0.05, 0) is 18.1 Å². The zero-order valence-corrected chi connectivity index (χ0v) is 9.93. The summed E-state index contributed by atoms with van der Waals surface area (Å²) in [6, 6.07) is 3.87. The molecule has 90 valence electrons. The van der Waals surface area contributed by atoms with Crippen molar-refractivity contribution >= 4 is 5.91 Å². The molecule has 0 radical (unpaired) electrons. The van der Waals surface area contributed by atoms with E-state index < -0.39 is 0 Å². The van der Waals surface area contributed by atoms with Gasteiger partial charge in [-0.15, -0.1) is 0 Å². The van der Waals surface area contributed by atoms with Crippen molar-refractivity contribution in [1.82, 2.24) is 9.88 Å². The van der Waals surface area contributed by atoms with Crippen LogP contribution in [0, 0.1) is 0 Å². The first-order valence-electron chi connectivity index (χ1n) is 5.66. The standard InChI is InChI=1S/C13H16N2O2/c1-3-13(16)15-7-6-11(9-15)10-4-5-12(17-2)14-8-10/h3-5,8,11H,1,6-7,9H2,2H3. The van der Waals surface area contributed by atoms with E-state index in [1.54, 1.807) is 7.11 Å². The first-order valence-corrected chi connectivity index (χ1v) is 5.66. The Morgan fingerprint density at radius 2 is 2.47 bits per heavy atom. The maximum absolute atomic E-state index is 11.5. The van der Waals surface area contributed by atoms with E-state index in [0.29, 0.717) is 11.8 Å². The third-order valence-electron chi connectivity index (χ3n) is 3.11. The first kappa shape index (κ1) is 11.6. The number of hydrogen-bond acceptors (Lipinski definition) is 3. The molecule has 2 rings (SSSR count). The Labute approximate surface area is 101 Å². The molecular formula is C13H16N2O2. The Balaban J connectivity index is 2.04. The summed E-state index contributed by atoms with van der Waals surface area (Å²) in [6.45, 7) is 5.05. The Kier molecular flexibility index (Phi) is 3.42. The first-order chi connectivity index (χ1) is 8.24. The minimum absolute atomic E-state index is 0.00831. The van der Waals surface area contributed by atoms with E-state index in [4.69, 9.17) is 4.74 Å². The van der Waals surface area contributed by atoms with E-state index in [2.05, 4.69) is 11.6 Å². The summed E-state index contributed by atoms with van der Waals surface area (Å²) in [5, 5.41) is 0. The second-order valence-corrected chi connectivity index (χ2v) is 4.11. The van der Waals surface area contributed by atoms with Gasteiger partial charge in [0.05, 0.1) is 7.11 Å².